The van der Waals surface area contributed by atoms with Gasteiger partial charge in [-0.2, -0.15) is 17.9 Å². The molecule has 3 N–H and O–H groups in total. The predicted molar refractivity (Wildman–Crippen MR) is 51.5 cm³/mol. The zero-order valence-electron chi connectivity index (χ0n) is 8.24. The molecule has 0 bridgehead atoms. The van der Waals surface area contributed by atoms with Gasteiger partial charge in [0.05, 0.1) is 6.61 Å². The molecule has 5 nitrogen and oxygen atoms in total. The lowest BCUT2D eigenvalue weighted by Gasteiger charge is -2.16. The minimum Gasteiger partial charge on any atom is -0.395 e. The molecule has 0 spiro atoms. The van der Waals surface area contributed by atoms with Crippen LogP contribution in [0.5, 0.6) is 0 Å². The van der Waals surface area contributed by atoms with Gasteiger partial charge in [0.25, 0.3) is 10.2 Å². The van der Waals surface area contributed by atoms with Gasteiger partial charge in [-0.05, 0) is 20.3 Å². The van der Waals surface area contributed by atoms with Gasteiger partial charge in [-0.1, -0.05) is 6.92 Å². The number of rotatable bonds is 6. The summed E-state index contributed by atoms with van der Waals surface area (Å²) in [6.45, 7) is 5.09. The Morgan fingerprint density at radius 1 is 1.31 bits per heavy atom. The van der Waals surface area contributed by atoms with Gasteiger partial charge >= 0.3 is 0 Å². The number of hydrogen-bond acceptors (Lipinski definition) is 3. The first-order valence-corrected chi connectivity index (χ1v) is 5.80. The highest BCUT2D eigenvalue weighted by molar-refractivity contribution is 7.87. The van der Waals surface area contributed by atoms with E-state index in [1.54, 1.807) is 20.8 Å². The lowest BCUT2D eigenvalue weighted by Crippen LogP contribution is -2.46. The summed E-state index contributed by atoms with van der Waals surface area (Å²) in [6.07, 6.45) is 0.565. The molecule has 0 heterocycles. The molecule has 0 aromatic rings. The monoisotopic (exact) mass is 210 g/mol. The molecule has 13 heavy (non-hydrogen) atoms. The Kier molecular flexibility index (Phi) is 5.46. The van der Waals surface area contributed by atoms with Crippen LogP contribution >= 0.6 is 0 Å². The Morgan fingerprint density at radius 2 is 1.85 bits per heavy atom. The fourth-order valence-corrected chi connectivity index (χ4v) is 2.18. The Balaban J connectivity index is 4.16. The minimum absolute atomic E-state index is 0.145. The zero-order chi connectivity index (χ0) is 10.5. The number of hydrogen-bond donors (Lipinski definition) is 3. The topological polar surface area (TPSA) is 78.4 Å². The van der Waals surface area contributed by atoms with Crippen LogP contribution in [0, 0.1) is 0 Å². The van der Waals surface area contributed by atoms with E-state index < -0.39 is 16.3 Å². The summed E-state index contributed by atoms with van der Waals surface area (Å²) < 4.78 is 27.2. The zero-order valence-corrected chi connectivity index (χ0v) is 9.06. The van der Waals surface area contributed by atoms with Crippen LogP contribution in [-0.2, 0) is 10.2 Å². The quantitative estimate of drug-likeness (QED) is 0.557. The van der Waals surface area contributed by atoms with E-state index in [1.807, 2.05) is 0 Å². The standard InChI is InChI=1S/C7H18N2O3S/c1-4-7(5-10)9-13(11,12)8-6(2)3/h6-10H,4-5H2,1-3H3. The average molecular weight is 210 g/mol. The van der Waals surface area contributed by atoms with E-state index in [9.17, 15) is 8.42 Å². The fourth-order valence-electron chi connectivity index (χ4n) is 0.813. The van der Waals surface area contributed by atoms with E-state index in [0.717, 1.165) is 0 Å². The largest absolute Gasteiger partial charge is 0.395 e. The minimum atomic E-state index is -3.46. The van der Waals surface area contributed by atoms with Crippen LogP contribution < -0.4 is 9.44 Å². The summed E-state index contributed by atoms with van der Waals surface area (Å²) in [5.74, 6) is 0. The van der Waals surface area contributed by atoms with Crippen molar-refractivity contribution in [1.29, 1.82) is 0 Å². The smallest absolute Gasteiger partial charge is 0.277 e. The number of nitrogens with one attached hydrogen (secondary N) is 2. The molecule has 0 aromatic carbocycles. The highest BCUT2D eigenvalue weighted by Gasteiger charge is 2.15. The van der Waals surface area contributed by atoms with E-state index in [1.165, 1.54) is 0 Å². The maximum absolute atomic E-state index is 11.2. The molecule has 1 atom stereocenters. The van der Waals surface area contributed by atoms with Crippen LogP contribution in [0.15, 0.2) is 0 Å². The third kappa shape index (κ3) is 5.98. The lowest BCUT2D eigenvalue weighted by atomic mass is 10.3. The first-order chi connectivity index (χ1) is 5.91. The van der Waals surface area contributed by atoms with E-state index in [0.29, 0.717) is 6.42 Å². The molecule has 0 rings (SSSR count). The van der Waals surface area contributed by atoms with Gasteiger partial charge in [0.15, 0.2) is 0 Å². The molecular formula is C7H18N2O3S. The van der Waals surface area contributed by atoms with Crippen LogP contribution in [0.4, 0.5) is 0 Å². The third-order valence-electron chi connectivity index (χ3n) is 1.43. The summed E-state index contributed by atoms with van der Waals surface area (Å²) in [4.78, 5) is 0. The van der Waals surface area contributed by atoms with E-state index in [-0.39, 0.29) is 12.6 Å². The molecule has 0 aromatic heterocycles. The van der Waals surface area contributed by atoms with Gasteiger partial charge in [-0.25, -0.2) is 0 Å². The van der Waals surface area contributed by atoms with Crippen molar-refractivity contribution in [2.75, 3.05) is 6.61 Å². The first-order valence-electron chi connectivity index (χ1n) is 4.31. The second kappa shape index (κ2) is 5.54. The Labute approximate surface area is 79.7 Å². The molecular weight excluding hydrogens is 192 g/mol. The second-order valence-electron chi connectivity index (χ2n) is 3.18. The van der Waals surface area contributed by atoms with E-state index in [4.69, 9.17) is 5.11 Å². The Morgan fingerprint density at radius 3 is 2.15 bits per heavy atom. The molecule has 1 unspecified atom stereocenters. The number of aliphatic hydroxyl groups is 1. The van der Waals surface area contributed by atoms with Gasteiger partial charge in [-0.15, -0.1) is 0 Å². The summed E-state index contributed by atoms with van der Waals surface area (Å²) >= 11 is 0. The van der Waals surface area contributed by atoms with Crippen molar-refractivity contribution in [3.8, 4) is 0 Å². The van der Waals surface area contributed by atoms with Crippen molar-refractivity contribution in [3.63, 3.8) is 0 Å². The van der Waals surface area contributed by atoms with Crippen LogP contribution in [0.25, 0.3) is 0 Å². The van der Waals surface area contributed by atoms with Crippen molar-refractivity contribution < 1.29 is 13.5 Å². The van der Waals surface area contributed by atoms with Crippen molar-refractivity contribution >= 4 is 10.2 Å². The second-order valence-corrected chi connectivity index (χ2v) is 4.66. The van der Waals surface area contributed by atoms with Gasteiger partial charge < -0.3 is 5.11 Å². The third-order valence-corrected chi connectivity index (χ3v) is 2.85. The lowest BCUT2D eigenvalue weighted by molar-refractivity contribution is 0.253. The normalized spacial score (nSPS) is 14.8. The van der Waals surface area contributed by atoms with E-state index in [2.05, 4.69) is 9.44 Å². The Bertz CT molecular complexity index is 222. The van der Waals surface area contributed by atoms with Crippen LogP contribution in [0.3, 0.4) is 0 Å². The summed E-state index contributed by atoms with van der Waals surface area (Å²) in [5.41, 5.74) is 0. The molecule has 0 aliphatic heterocycles. The van der Waals surface area contributed by atoms with Crippen LogP contribution in [-0.4, -0.2) is 32.2 Å². The van der Waals surface area contributed by atoms with Crippen molar-refractivity contribution in [2.24, 2.45) is 0 Å². The van der Waals surface area contributed by atoms with Crippen molar-refractivity contribution in [3.05, 3.63) is 0 Å². The SMILES string of the molecule is CCC(CO)NS(=O)(=O)NC(C)C. The average Bonchev–Trinajstić information content (AvgIpc) is 1.97. The molecule has 0 fully saturated rings. The maximum atomic E-state index is 11.2. The fraction of sp³-hybridized carbons (Fsp3) is 1.00. The number of aliphatic hydroxyl groups excluding tert-OH is 1. The molecule has 80 valence electrons. The highest BCUT2D eigenvalue weighted by atomic mass is 32.2. The van der Waals surface area contributed by atoms with Gasteiger partial charge in [-0.3, -0.25) is 0 Å². The molecule has 0 radical (unpaired) electrons. The molecule has 0 aliphatic carbocycles. The summed E-state index contributed by atoms with van der Waals surface area (Å²) in [5, 5.41) is 8.77. The van der Waals surface area contributed by atoms with E-state index >= 15 is 0 Å². The van der Waals surface area contributed by atoms with Crippen LogP contribution in [0.2, 0.25) is 0 Å². The first kappa shape index (κ1) is 12.8. The molecule has 0 saturated carbocycles. The molecule has 0 aliphatic rings. The highest BCUT2D eigenvalue weighted by Crippen LogP contribution is 1.92. The van der Waals surface area contributed by atoms with Gasteiger partial charge in [0, 0.05) is 12.1 Å². The predicted octanol–water partition coefficient (Wildman–Crippen LogP) is -0.410. The Hall–Kier alpha value is -0.170. The maximum Gasteiger partial charge on any atom is 0.277 e. The van der Waals surface area contributed by atoms with Gasteiger partial charge in [0.1, 0.15) is 0 Å². The van der Waals surface area contributed by atoms with Crippen LogP contribution in [0.1, 0.15) is 27.2 Å². The summed E-state index contributed by atoms with van der Waals surface area (Å²) in [6, 6.07) is -0.551. The van der Waals surface area contributed by atoms with Crippen molar-refractivity contribution in [1.82, 2.24) is 9.44 Å². The molecule has 6 heteroatoms. The van der Waals surface area contributed by atoms with Gasteiger partial charge in [0.2, 0.25) is 0 Å². The summed E-state index contributed by atoms with van der Waals surface area (Å²) in [7, 11) is -3.46. The molecule has 0 amide bonds. The molecule has 0 saturated heterocycles. The van der Waals surface area contributed by atoms with Crippen molar-refractivity contribution in [2.45, 2.75) is 39.3 Å².